The number of thioether (sulfide) groups is 1. The van der Waals surface area contributed by atoms with Crippen molar-refractivity contribution in [2.24, 2.45) is 0 Å². The molecule has 3 nitrogen and oxygen atoms in total. The maximum atomic E-state index is 13.6. The number of halogens is 1. The number of nitrogens with zero attached hydrogens (tertiary/aromatic N) is 1. The molecule has 3 aromatic carbocycles. The van der Waals surface area contributed by atoms with Crippen molar-refractivity contribution < 1.29 is 14.3 Å². The predicted octanol–water partition coefficient (Wildman–Crippen LogP) is 5.91. The number of hydrogen-bond acceptors (Lipinski definition) is 3. The van der Waals surface area contributed by atoms with E-state index in [1.165, 1.54) is 12.1 Å². The zero-order valence-corrected chi connectivity index (χ0v) is 17.6. The second-order valence-corrected chi connectivity index (χ2v) is 8.24. The van der Waals surface area contributed by atoms with Gasteiger partial charge in [-0.1, -0.05) is 54.1 Å². The summed E-state index contributed by atoms with van der Waals surface area (Å²) < 4.78 is 13.6. The molecule has 0 aromatic heterocycles. The summed E-state index contributed by atoms with van der Waals surface area (Å²) in [6, 6.07) is 21.3. The van der Waals surface area contributed by atoms with E-state index >= 15 is 0 Å². The summed E-state index contributed by atoms with van der Waals surface area (Å²) in [6.45, 7) is 2.33. The van der Waals surface area contributed by atoms with Gasteiger partial charge < -0.3 is 10.0 Å². The molecular formula is C25H22FNO2S. The maximum absolute atomic E-state index is 13.6. The Balaban J connectivity index is 1.77. The van der Waals surface area contributed by atoms with E-state index in [0.717, 1.165) is 27.1 Å². The summed E-state index contributed by atoms with van der Waals surface area (Å²) in [5.41, 5.74) is 4.14. The highest BCUT2D eigenvalue weighted by molar-refractivity contribution is 7.98. The van der Waals surface area contributed by atoms with Crippen LogP contribution in [0.1, 0.15) is 28.3 Å². The molecule has 0 unspecified atom stereocenters. The summed E-state index contributed by atoms with van der Waals surface area (Å²) in [7, 11) is 0. The van der Waals surface area contributed by atoms with Crippen LogP contribution in [0.5, 0.6) is 0 Å². The van der Waals surface area contributed by atoms with Crippen LogP contribution in [-0.4, -0.2) is 22.2 Å². The van der Waals surface area contributed by atoms with Crippen LogP contribution >= 0.6 is 11.8 Å². The molecule has 3 aromatic rings. The van der Waals surface area contributed by atoms with Crippen molar-refractivity contribution in [2.45, 2.75) is 24.4 Å². The second-order valence-electron chi connectivity index (χ2n) is 7.36. The van der Waals surface area contributed by atoms with Crippen molar-refractivity contribution >= 4 is 23.2 Å². The van der Waals surface area contributed by atoms with Crippen LogP contribution in [0.3, 0.4) is 0 Å². The summed E-state index contributed by atoms with van der Waals surface area (Å²) in [6.07, 6.45) is 2.01. The van der Waals surface area contributed by atoms with Gasteiger partial charge in [-0.2, -0.15) is 0 Å². The zero-order chi connectivity index (χ0) is 21.3. The van der Waals surface area contributed by atoms with Gasteiger partial charge in [0.25, 0.3) is 5.91 Å². The van der Waals surface area contributed by atoms with E-state index in [1.807, 2.05) is 61.7 Å². The van der Waals surface area contributed by atoms with Crippen molar-refractivity contribution in [1.82, 2.24) is 4.90 Å². The molecule has 0 saturated carbocycles. The van der Waals surface area contributed by atoms with Crippen molar-refractivity contribution in [3.05, 3.63) is 107 Å². The first-order valence-electron chi connectivity index (χ1n) is 9.67. The molecule has 1 aliphatic rings. The fraction of sp³-hybridized carbons (Fsp3) is 0.160. The second kappa shape index (κ2) is 8.36. The number of aliphatic hydroxyl groups is 1. The predicted molar refractivity (Wildman–Crippen MR) is 119 cm³/mol. The van der Waals surface area contributed by atoms with Gasteiger partial charge in [0.2, 0.25) is 0 Å². The lowest BCUT2D eigenvalue weighted by Gasteiger charge is -2.27. The molecule has 4 rings (SSSR count). The van der Waals surface area contributed by atoms with E-state index in [9.17, 15) is 14.3 Å². The van der Waals surface area contributed by atoms with E-state index in [-0.39, 0.29) is 11.6 Å². The normalized spacial score (nSPS) is 16.4. The standard InChI is InChI=1S/C25H22FNO2S/c1-16-3-7-18(8-4-16)22-23(19-9-11-20(26)12-10-19)27(25(29)24(22)28)15-17-5-13-21(30-2)14-6-17/h3-14,23,28H,15H2,1-2H3/t23-/m1/s1. The first-order valence-corrected chi connectivity index (χ1v) is 10.9. The Morgan fingerprint density at radius 3 is 2.20 bits per heavy atom. The Bertz CT molecular complexity index is 1090. The lowest BCUT2D eigenvalue weighted by atomic mass is 9.93. The number of hydrogen-bond donors (Lipinski definition) is 1. The highest BCUT2D eigenvalue weighted by Gasteiger charge is 2.40. The first kappa shape index (κ1) is 20.2. The molecule has 0 aliphatic carbocycles. The topological polar surface area (TPSA) is 40.5 Å². The third kappa shape index (κ3) is 3.85. The van der Waals surface area contributed by atoms with Gasteiger partial charge in [0.15, 0.2) is 5.76 Å². The lowest BCUT2D eigenvalue weighted by molar-refractivity contribution is -0.130. The van der Waals surface area contributed by atoms with Gasteiger partial charge in [0.1, 0.15) is 5.82 Å². The van der Waals surface area contributed by atoms with Gasteiger partial charge in [-0.3, -0.25) is 4.79 Å². The van der Waals surface area contributed by atoms with Crippen LogP contribution in [0.2, 0.25) is 0 Å². The van der Waals surface area contributed by atoms with Crippen LogP contribution < -0.4 is 0 Å². The number of aliphatic hydroxyl groups excluding tert-OH is 1. The third-order valence-corrected chi connectivity index (χ3v) is 6.11. The van der Waals surface area contributed by atoms with Gasteiger partial charge in [-0.15, -0.1) is 11.8 Å². The molecule has 1 heterocycles. The summed E-state index contributed by atoms with van der Waals surface area (Å²) in [4.78, 5) is 15.9. The number of benzene rings is 3. The molecule has 1 aliphatic heterocycles. The molecular weight excluding hydrogens is 397 g/mol. The zero-order valence-electron chi connectivity index (χ0n) is 16.8. The highest BCUT2D eigenvalue weighted by Crippen LogP contribution is 2.43. The number of carbonyl (C=O) groups is 1. The molecule has 0 fully saturated rings. The van der Waals surface area contributed by atoms with E-state index in [2.05, 4.69) is 0 Å². The summed E-state index contributed by atoms with van der Waals surface area (Å²) in [5.74, 6) is -1.02. The Kier molecular flexibility index (Phi) is 5.64. The van der Waals surface area contributed by atoms with Crippen molar-refractivity contribution in [1.29, 1.82) is 0 Å². The van der Waals surface area contributed by atoms with Crippen LogP contribution in [0, 0.1) is 12.7 Å². The number of rotatable bonds is 5. The molecule has 1 atom stereocenters. The Hall–Kier alpha value is -3.05. The summed E-state index contributed by atoms with van der Waals surface area (Å²) >= 11 is 1.65. The van der Waals surface area contributed by atoms with Crippen LogP contribution in [0.4, 0.5) is 4.39 Å². The molecule has 0 saturated heterocycles. The van der Waals surface area contributed by atoms with E-state index < -0.39 is 11.9 Å². The molecule has 30 heavy (non-hydrogen) atoms. The van der Waals surface area contributed by atoms with E-state index in [4.69, 9.17) is 0 Å². The van der Waals surface area contributed by atoms with Crippen LogP contribution in [-0.2, 0) is 11.3 Å². The quantitative estimate of drug-likeness (QED) is 0.523. The minimum atomic E-state index is -0.499. The lowest BCUT2D eigenvalue weighted by Crippen LogP contribution is -2.29. The monoisotopic (exact) mass is 419 g/mol. The maximum Gasteiger partial charge on any atom is 0.290 e. The number of amides is 1. The molecule has 1 N–H and O–H groups in total. The minimum absolute atomic E-state index is 0.256. The minimum Gasteiger partial charge on any atom is -0.503 e. The average Bonchev–Trinajstić information content (AvgIpc) is 3.00. The van der Waals surface area contributed by atoms with Gasteiger partial charge in [-0.25, -0.2) is 4.39 Å². The van der Waals surface area contributed by atoms with Crippen LogP contribution in [0.25, 0.3) is 5.57 Å². The average molecular weight is 420 g/mol. The van der Waals surface area contributed by atoms with Crippen molar-refractivity contribution in [3.63, 3.8) is 0 Å². The van der Waals surface area contributed by atoms with Gasteiger partial charge in [0, 0.05) is 17.0 Å². The largest absolute Gasteiger partial charge is 0.503 e. The summed E-state index contributed by atoms with van der Waals surface area (Å²) in [5, 5.41) is 10.8. The van der Waals surface area contributed by atoms with E-state index in [0.29, 0.717) is 12.1 Å². The Morgan fingerprint density at radius 2 is 1.60 bits per heavy atom. The molecule has 152 valence electrons. The smallest absolute Gasteiger partial charge is 0.290 e. The number of aryl methyl sites for hydroxylation is 1. The first-order chi connectivity index (χ1) is 14.5. The molecule has 1 amide bonds. The van der Waals surface area contributed by atoms with Gasteiger partial charge in [0.05, 0.1) is 6.04 Å². The van der Waals surface area contributed by atoms with Gasteiger partial charge >= 0.3 is 0 Å². The Morgan fingerprint density at radius 1 is 0.967 bits per heavy atom. The van der Waals surface area contributed by atoms with Crippen LogP contribution in [0.15, 0.2) is 83.5 Å². The fourth-order valence-corrected chi connectivity index (χ4v) is 4.17. The number of carbonyl (C=O) groups excluding carboxylic acids is 1. The SMILES string of the molecule is CSc1ccc(CN2C(=O)C(O)=C(c3ccc(C)cc3)[C@H]2c2ccc(F)cc2)cc1. The molecule has 5 heteroatoms. The Labute approximate surface area is 179 Å². The third-order valence-electron chi connectivity index (χ3n) is 5.36. The highest BCUT2D eigenvalue weighted by atomic mass is 32.2. The van der Waals surface area contributed by atoms with Crippen molar-refractivity contribution in [2.75, 3.05) is 6.26 Å². The molecule has 0 bridgehead atoms. The van der Waals surface area contributed by atoms with Crippen molar-refractivity contribution in [3.8, 4) is 0 Å². The van der Waals surface area contributed by atoms with Gasteiger partial charge in [-0.05, 0) is 54.1 Å². The fourth-order valence-electron chi connectivity index (χ4n) is 3.76. The van der Waals surface area contributed by atoms with E-state index in [1.54, 1.807) is 28.8 Å². The molecule has 0 radical (unpaired) electrons. The molecule has 0 spiro atoms.